The summed E-state index contributed by atoms with van der Waals surface area (Å²) in [7, 11) is 3.21. The topological polar surface area (TPSA) is 84.5 Å². The van der Waals surface area contributed by atoms with Gasteiger partial charge in [-0.05, 0) is 42.5 Å². The van der Waals surface area contributed by atoms with Crippen LogP contribution in [0.5, 0.6) is 11.5 Å². The summed E-state index contributed by atoms with van der Waals surface area (Å²) in [6.45, 7) is 0. The van der Waals surface area contributed by atoms with E-state index in [2.05, 4.69) is 16.4 Å². The van der Waals surface area contributed by atoms with Gasteiger partial charge in [0.25, 0.3) is 0 Å². The number of ether oxygens (including phenoxy) is 2. The van der Waals surface area contributed by atoms with Gasteiger partial charge in [-0.1, -0.05) is 0 Å². The number of fused-ring (bicyclic) bond motifs is 1. The van der Waals surface area contributed by atoms with Crippen molar-refractivity contribution >= 4 is 17.3 Å². The van der Waals surface area contributed by atoms with E-state index in [1.165, 1.54) is 0 Å². The first-order chi connectivity index (χ1) is 13.7. The van der Waals surface area contributed by atoms with Crippen molar-refractivity contribution in [3.8, 4) is 28.8 Å². The van der Waals surface area contributed by atoms with Gasteiger partial charge in [0.15, 0.2) is 11.5 Å². The fourth-order valence-electron chi connectivity index (χ4n) is 2.91. The smallest absolute Gasteiger partial charge is 0.213 e. The Bertz CT molecular complexity index is 1180. The maximum atomic E-state index is 8.96. The Morgan fingerprint density at radius 1 is 1.00 bits per heavy atom. The first-order valence-electron chi connectivity index (χ1n) is 8.55. The zero-order valence-corrected chi connectivity index (χ0v) is 15.4. The maximum Gasteiger partial charge on any atom is 0.213 e. The number of anilines is 2. The van der Waals surface area contributed by atoms with Gasteiger partial charge in [-0.3, -0.25) is 4.40 Å². The van der Waals surface area contributed by atoms with Gasteiger partial charge in [-0.2, -0.15) is 5.26 Å². The lowest BCUT2D eigenvalue weighted by atomic mass is 10.1. The molecule has 0 amide bonds. The molecule has 7 nitrogen and oxygen atoms in total. The van der Waals surface area contributed by atoms with Gasteiger partial charge in [0.05, 0.1) is 31.5 Å². The molecule has 0 bridgehead atoms. The molecule has 0 saturated heterocycles. The molecule has 0 radical (unpaired) electrons. The molecule has 0 spiro atoms. The lowest BCUT2D eigenvalue weighted by Crippen LogP contribution is -2.02. The molecule has 0 aliphatic carbocycles. The molecule has 2 aromatic heterocycles. The van der Waals surface area contributed by atoms with Crippen LogP contribution in [0.1, 0.15) is 5.56 Å². The lowest BCUT2D eigenvalue weighted by molar-refractivity contribution is 0.355. The van der Waals surface area contributed by atoms with Crippen molar-refractivity contribution in [1.82, 2.24) is 14.4 Å². The molecular formula is C21H17N5O2. The van der Waals surface area contributed by atoms with Crippen LogP contribution in [0, 0.1) is 11.3 Å². The standard InChI is InChI=1S/C21H17N5O2/c1-27-18-8-5-15(11-19(18)28-2)17-12-20-23-9-10-26(20)21(25-17)24-16-6-3-14(13-22)4-7-16/h3-12H,1-2H3,(H,24,25). The number of hydrogen-bond donors (Lipinski definition) is 1. The van der Waals surface area contributed by atoms with Gasteiger partial charge in [0.1, 0.15) is 5.65 Å². The monoisotopic (exact) mass is 371 g/mol. The summed E-state index contributed by atoms with van der Waals surface area (Å²) in [4.78, 5) is 9.16. The Morgan fingerprint density at radius 2 is 1.79 bits per heavy atom. The summed E-state index contributed by atoms with van der Waals surface area (Å²) >= 11 is 0. The van der Waals surface area contributed by atoms with Gasteiger partial charge >= 0.3 is 0 Å². The Labute approximate surface area is 161 Å². The summed E-state index contributed by atoms with van der Waals surface area (Å²) < 4.78 is 12.6. The van der Waals surface area contributed by atoms with Crippen LogP contribution in [-0.4, -0.2) is 28.6 Å². The molecule has 4 aromatic rings. The molecule has 0 unspecified atom stereocenters. The molecule has 4 rings (SSSR count). The number of nitrogens with zero attached hydrogens (tertiary/aromatic N) is 4. The SMILES string of the molecule is COc1ccc(-c2cc3nccn3c(Nc3ccc(C#N)cc3)n2)cc1OC. The molecule has 2 heterocycles. The molecule has 0 fully saturated rings. The van der Waals surface area contributed by atoms with Crippen LogP contribution in [0.15, 0.2) is 60.9 Å². The zero-order valence-electron chi connectivity index (χ0n) is 15.4. The Hall–Kier alpha value is -4.05. The van der Waals surface area contributed by atoms with Crippen LogP contribution in [0.3, 0.4) is 0 Å². The van der Waals surface area contributed by atoms with E-state index in [9.17, 15) is 0 Å². The fourth-order valence-corrected chi connectivity index (χ4v) is 2.91. The summed E-state index contributed by atoms with van der Waals surface area (Å²) in [5.41, 5.74) is 3.81. The van der Waals surface area contributed by atoms with E-state index in [1.807, 2.05) is 47.0 Å². The third-order valence-corrected chi connectivity index (χ3v) is 4.34. The lowest BCUT2D eigenvalue weighted by Gasteiger charge is -2.12. The minimum atomic E-state index is 0.602. The van der Waals surface area contributed by atoms with Gasteiger partial charge < -0.3 is 14.8 Å². The normalized spacial score (nSPS) is 10.5. The van der Waals surface area contributed by atoms with Crippen molar-refractivity contribution in [3.05, 3.63) is 66.5 Å². The quantitative estimate of drug-likeness (QED) is 0.570. The Kier molecular flexibility index (Phi) is 4.52. The van der Waals surface area contributed by atoms with Crippen molar-refractivity contribution in [2.24, 2.45) is 0 Å². The maximum absolute atomic E-state index is 8.96. The van der Waals surface area contributed by atoms with E-state index in [0.717, 1.165) is 22.6 Å². The van der Waals surface area contributed by atoms with E-state index in [4.69, 9.17) is 19.7 Å². The Morgan fingerprint density at radius 3 is 2.50 bits per heavy atom. The molecule has 28 heavy (non-hydrogen) atoms. The summed E-state index contributed by atoms with van der Waals surface area (Å²) in [5.74, 6) is 1.90. The second kappa shape index (κ2) is 7.29. The number of benzene rings is 2. The average Bonchev–Trinajstić information content (AvgIpc) is 3.23. The van der Waals surface area contributed by atoms with Crippen molar-refractivity contribution in [2.75, 3.05) is 19.5 Å². The van der Waals surface area contributed by atoms with E-state index in [-0.39, 0.29) is 0 Å². The van der Waals surface area contributed by atoms with Crippen molar-refractivity contribution in [1.29, 1.82) is 5.26 Å². The Balaban J connectivity index is 1.77. The minimum Gasteiger partial charge on any atom is -0.493 e. The first kappa shape index (κ1) is 17.4. The highest BCUT2D eigenvalue weighted by Gasteiger charge is 2.12. The molecule has 7 heteroatoms. The third kappa shape index (κ3) is 3.19. The predicted molar refractivity (Wildman–Crippen MR) is 106 cm³/mol. The number of methoxy groups -OCH3 is 2. The van der Waals surface area contributed by atoms with Crippen LogP contribution in [0.25, 0.3) is 16.9 Å². The largest absolute Gasteiger partial charge is 0.493 e. The number of rotatable bonds is 5. The van der Waals surface area contributed by atoms with Crippen molar-refractivity contribution in [2.45, 2.75) is 0 Å². The van der Waals surface area contributed by atoms with Gasteiger partial charge in [-0.15, -0.1) is 0 Å². The average molecular weight is 371 g/mol. The van der Waals surface area contributed by atoms with Crippen LogP contribution in [-0.2, 0) is 0 Å². The molecule has 138 valence electrons. The van der Waals surface area contributed by atoms with Gasteiger partial charge in [0, 0.05) is 29.7 Å². The van der Waals surface area contributed by atoms with Crippen molar-refractivity contribution in [3.63, 3.8) is 0 Å². The molecule has 0 aliphatic heterocycles. The van der Waals surface area contributed by atoms with Gasteiger partial charge in [0.2, 0.25) is 5.95 Å². The molecular weight excluding hydrogens is 354 g/mol. The van der Waals surface area contributed by atoms with E-state index in [1.54, 1.807) is 32.5 Å². The minimum absolute atomic E-state index is 0.602. The van der Waals surface area contributed by atoms with Crippen LogP contribution in [0.2, 0.25) is 0 Å². The highest BCUT2D eigenvalue weighted by Crippen LogP contribution is 2.32. The molecule has 0 atom stereocenters. The van der Waals surface area contributed by atoms with Crippen LogP contribution >= 0.6 is 0 Å². The molecule has 2 aromatic carbocycles. The number of nitrogens with one attached hydrogen (secondary N) is 1. The number of hydrogen-bond acceptors (Lipinski definition) is 6. The van der Waals surface area contributed by atoms with E-state index < -0.39 is 0 Å². The first-order valence-corrected chi connectivity index (χ1v) is 8.55. The molecule has 0 aliphatic rings. The van der Waals surface area contributed by atoms with Gasteiger partial charge in [-0.25, -0.2) is 9.97 Å². The van der Waals surface area contributed by atoms with E-state index >= 15 is 0 Å². The van der Waals surface area contributed by atoms with Crippen molar-refractivity contribution < 1.29 is 9.47 Å². The molecule has 1 N–H and O–H groups in total. The summed E-state index contributed by atoms with van der Waals surface area (Å²) in [6, 6.07) is 16.9. The second-order valence-electron chi connectivity index (χ2n) is 6.00. The summed E-state index contributed by atoms with van der Waals surface area (Å²) in [6.07, 6.45) is 3.56. The third-order valence-electron chi connectivity index (χ3n) is 4.34. The number of nitriles is 1. The highest BCUT2D eigenvalue weighted by molar-refractivity contribution is 5.70. The second-order valence-corrected chi connectivity index (χ2v) is 6.00. The number of aromatic nitrogens is 3. The van der Waals surface area contributed by atoms with Crippen LogP contribution in [0.4, 0.5) is 11.6 Å². The van der Waals surface area contributed by atoms with E-state index in [0.29, 0.717) is 23.0 Å². The predicted octanol–water partition coefficient (Wildman–Crippen LogP) is 4.03. The number of imidazole rings is 1. The zero-order chi connectivity index (χ0) is 19.5. The van der Waals surface area contributed by atoms with Crippen LogP contribution < -0.4 is 14.8 Å². The molecule has 0 saturated carbocycles. The highest BCUT2D eigenvalue weighted by atomic mass is 16.5. The fraction of sp³-hybridized carbons (Fsp3) is 0.0952. The summed E-state index contributed by atoms with van der Waals surface area (Å²) in [5, 5.41) is 12.3.